The monoisotopic (exact) mass is 435 g/mol. The second kappa shape index (κ2) is 10.4. The smallest absolute Gasteiger partial charge is 0.337 e. The normalized spacial score (nSPS) is 14.1. The van der Waals surface area contributed by atoms with Gasteiger partial charge in [0.2, 0.25) is 0 Å². The molecule has 11 heteroatoms. The Morgan fingerprint density at radius 1 is 1.00 bits per heavy atom. The lowest BCUT2D eigenvalue weighted by Gasteiger charge is -2.28. The van der Waals surface area contributed by atoms with Crippen molar-refractivity contribution < 1.29 is 37.9 Å². The number of hydrogen-bond donors (Lipinski definition) is 2. The minimum Gasteiger partial charge on any atom is -0.463 e. The number of hydrogen-bond acceptors (Lipinski definition) is 10. The number of amides is 1. The van der Waals surface area contributed by atoms with E-state index in [1.807, 2.05) is 0 Å². The third kappa shape index (κ3) is 5.71. The second-order valence-electron chi connectivity index (χ2n) is 6.55. The summed E-state index contributed by atoms with van der Waals surface area (Å²) in [6.07, 6.45) is 0. The van der Waals surface area contributed by atoms with E-state index in [-0.39, 0.29) is 30.2 Å². The Hall–Kier alpha value is -3.63. The molecule has 0 saturated carbocycles. The maximum atomic E-state index is 12.9. The molecule has 1 amide bonds. The zero-order valence-electron chi connectivity index (χ0n) is 18.0. The first-order valence-electron chi connectivity index (χ1n) is 9.62. The number of anilines is 1. The van der Waals surface area contributed by atoms with Crippen molar-refractivity contribution in [2.24, 2.45) is 5.92 Å². The van der Waals surface area contributed by atoms with E-state index in [1.165, 1.54) is 6.07 Å². The van der Waals surface area contributed by atoms with Gasteiger partial charge in [0, 0.05) is 17.5 Å². The first-order chi connectivity index (χ1) is 14.7. The van der Waals surface area contributed by atoms with Crippen LogP contribution in [0.3, 0.4) is 0 Å². The molecule has 0 unspecified atom stereocenters. The Morgan fingerprint density at radius 3 is 2.00 bits per heavy atom. The van der Waals surface area contributed by atoms with E-state index >= 15 is 0 Å². The minimum atomic E-state index is -1.42. The summed E-state index contributed by atoms with van der Waals surface area (Å²) in [5, 5.41) is 8.91. The Kier molecular flexibility index (Phi) is 7.94. The molecule has 2 rings (SSSR count). The van der Waals surface area contributed by atoms with E-state index in [9.17, 15) is 19.2 Å². The first kappa shape index (κ1) is 23.6. The largest absolute Gasteiger partial charge is 0.463 e. The molecule has 168 valence electrons. The van der Waals surface area contributed by atoms with Crippen LogP contribution in [-0.4, -0.2) is 48.8 Å². The van der Waals surface area contributed by atoms with Gasteiger partial charge in [-0.25, -0.2) is 9.59 Å². The van der Waals surface area contributed by atoms with Crippen molar-refractivity contribution >= 4 is 29.6 Å². The Balaban J connectivity index is 2.26. The standard InChI is InChI=1S/C20H25N3O8/c1-6-28-18(25)15-11(4)21-12(5)16(19(26)29-7-2)17(15)20(27)30-9-14(24)22-13-8-10(3)31-23-13/h8,17,21H,6-7,9H2,1-5H3,(H,22,23,24). The number of aromatic nitrogens is 1. The van der Waals surface area contributed by atoms with E-state index in [0.29, 0.717) is 17.2 Å². The number of aryl methyl sites for hydroxylation is 1. The van der Waals surface area contributed by atoms with Crippen molar-refractivity contribution in [3.63, 3.8) is 0 Å². The number of esters is 3. The van der Waals surface area contributed by atoms with Crippen molar-refractivity contribution in [2.75, 3.05) is 25.1 Å². The van der Waals surface area contributed by atoms with E-state index in [4.69, 9.17) is 18.7 Å². The van der Waals surface area contributed by atoms with Crippen molar-refractivity contribution in [2.45, 2.75) is 34.6 Å². The van der Waals surface area contributed by atoms with Crippen molar-refractivity contribution in [1.82, 2.24) is 10.5 Å². The summed E-state index contributed by atoms with van der Waals surface area (Å²) in [5.74, 6) is -3.99. The van der Waals surface area contributed by atoms with E-state index in [0.717, 1.165) is 0 Å². The molecule has 0 fully saturated rings. The maximum Gasteiger partial charge on any atom is 0.337 e. The quantitative estimate of drug-likeness (QED) is 0.453. The zero-order valence-corrected chi connectivity index (χ0v) is 18.0. The molecule has 0 aliphatic carbocycles. The molecular formula is C20H25N3O8. The van der Waals surface area contributed by atoms with Crippen LogP contribution in [0.2, 0.25) is 0 Å². The molecule has 1 aliphatic heterocycles. The van der Waals surface area contributed by atoms with Gasteiger partial charge < -0.3 is 29.4 Å². The Morgan fingerprint density at radius 2 is 1.55 bits per heavy atom. The highest BCUT2D eigenvalue weighted by Crippen LogP contribution is 2.32. The molecule has 1 aromatic rings. The fraction of sp³-hybridized carbons (Fsp3) is 0.450. The minimum absolute atomic E-state index is 0.0638. The van der Waals surface area contributed by atoms with Crippen LogP contribution in [0.25, 0.3) is 0 Å². The fourth-order valence-corrected chi connectivity index (χ4v) is 3.01. The lowest BCUT2D eigenvalue weighted by atomic mass is 9.85. The van der Waals surface area contributed by atoms with Crippen LogP contribution in [0.15, 0.2) is 33.1 Å². The van der Waals surface area contributed by atoms with Crippen molar-refractivity contribution in [1.29, 1.82) is 0 Å². The lowest BCUT2D eigenvalue weighted by Crippen LogP contribution is -2.39. The van der Waals surface area contributed by atoms with Gasteiger partial charge in [-0.1, -0.05) is 5.16 Å². The number of ether oxygens (including phenoxy) is 3. The molecule has 2 N–H and O–H groups in total. The summed E-state index contributed by atoms with van der Waals surface area (Å²) in [5.41, 5.74) is 0.475. The van der Waals surface area contributed by atoms with Gasteiger partial charge in [-0.2, -0.15) is 0 Å². The molecule has 0 saturated heterocycles. The van der Waals surface area contributed by atoms with E-state index in [2.05, 4.69) is 15.8 Å². The van der Waals surface area contributed by atoms with Gasteiger partial charge in [0.15, 0.2) is 12.4 Å². The molecule has 2 heterocycles. The lowest BCUT2D eigenvalue weighted by molar-refractivity contribution is -0.153. The molecule has 0 radical (unpaired) electrons. The average molecular weight is 435 g/mol. The molecule has 1 aromatic heterocycles. The summed E-state index contributed by atoms with van der Waals surface area (Å²) in [4.78, 5) is 50.1. The molecule has 11 nitrogen and oxygen atoms in total. The molecular weight excluding hydrogens is 410 g/mol. The third-order valence-electron chi connectivity index (χ3n) is 4.23. The van der Waals surface area contributed by atoms with Crippen molar-refractivity contribution in [3.05, 3.63) is 34.4 Å². The molecule has 0 spiro atoms. The number of nitrogens with one attached hydrogen (secondary N) is 2. The number of rotatable bonds is 8. The van der Waals surface area contributed by atoms with E-state index in [1.54, 1.807) is 34.6 Å². The summed E-state index contributed by atoms with van der Waals surface area (Å²) in [7, 11) is 0. The summed E-state index contributed by atoms with van der Waals surface area (Å²) < 4.78 is 20.0. The predicted molar refractivity (Wildman–Crippen MR) is 106 cm³/mol. The Labute approximate surface area is 178 Å². The SMILES string of the molecule is CCOC(=O)C1=C(C)NC(C)=C(C(=O)OCC)C1C(=O)OCC(=O)Nc1cc(C)on1. The zero-order chi connectivity index (χ0) is 23.1. The van der Waals surface area contributed by atoms with Crippen LogP contribution in [0, 0.1) is 12.8 Å². The van der Waals surface area contributed by atoms with Gasteiger partial charge in [-0.3, -0.25) is 9.59 Å². The van der Waals surface area contributed by atoms with Crippen LogP contribution in [0.5, 0.6) is 0 Å². The van der Waals surface area contributed by atoms with Crippen LogP contribution in [-0.2, 0) is 33.4 Å². The molecule has 0 atom stereocenters. The van der Waals surface area contributed by atoms with E-state index < -0.39 is 36.3 Å². The van der Waals surface area contributed by atoms with Crippen molar-refractivity contribution in [3.8, 4) is 0 Å². The van der Waals surface area contributed by atoms with Gasteiger partial charge >= 0.3 is 17.9 Å². The summed E-state index contributed by atoms with van der Waals surface area (Å²) in [6.45, 7) is 7.47. The summed E-state index contributed by atoms with van der Waals surface area (Å²) >= 11 is 0. The predicted octanol–water partition coefficient (Wildman–Crippen LogP) is 1.36. The number of carbonyl (C=O) groups is 4. The van der Waals surface area contributed by atoms with Crippen LogP contribution in [0.1, 0.15) is 33.5 Å². The Bertz CT molecular complexity index is 904. The topological polar surface area (TPSA) is 146 Å². The van der Waals surface area contributed by atoms with Gasteiger partial charge in [0.05, 0.1) is 24.4 Å². The number of nitrogens with zero attached hydrogens (tertiary/aromatic N) is 1. The molecule has 1 aliphatic rings. The second-order valence-corrected chi connectivity index (χ2v) is 6.55. The van der Waals surface area contributed by atoms with Crippen LogP contribution < -0.4 is 10.6 Å². The van der Waals surface area contributed by atoms with Crippen LogP contribution in [0.4, 0.5) is 5.82 Å². The first-order valence-corrected chi connectivity index (χ1v) is 9.62. The average Bonchev–Trinajstić information content (AvgIpc) is 3.10. The maximum absolute atomic E-state index is 12.9. The fourth-order valence-electron chi connectivity index (χ4n) is 3.01. The third-order valence-corrected chi connectivity index (χ3v) is 4.23. The van der Waals surface area contributed by atoms with Gasteiger partial charge in [-0.05, 0) is 34.6 Å². The van der Waals surface area contributed by atoms with Gasteiger partial charge in [-0.15, -0.1) is 0 Å². The highest BCUT2D eigenvalue weighted by atomic mass is 16.5. The summed E-state index contributed by atoms with van der Waals surface area (Å²) in [6, 6.07) is 1.49. The number of allylic oxidation sites excluding steroid dienone is 2. The number of carbonyl (C=O) groups excluding carboxylic acids is 4. The van der Waals surface area contributed by atoms with Gasteiger partial charge in [0.25, 0.3) is 5.91 Å². The molecule has 0 bridgehead atoms. The van der Waals surface area contributed by atoms with Crippen LogP contribution >= 0.6 is 0 Å². The molecule has 0 aromatic carbocycles. The number of dihydropyridines is 1. The molecule has 31 heavy (non-hydrogen) atoms. The highest BCUT2D eigenvalue weighted by Gasteiger charge is 2.42. The highest BCUT2D eigenvalue weighted by molar-refractivity contribution is 6.06. The van der Waals surface area contributed by atoms with Gasteiger partial charge in [0.1, 0.15) is 11.7 Å².